The fourth-order valence-corrected chi connectivity index (χ4v) is 4.53. The Hall–Kier alpha value is -3.36. The number of rotatable bonds is 7. The maximum absolute atomic E-state index is 12.7. The Labute approximate surface area is 209 Å². The summed E-state index contributed by atoms with van der Waals surface area (Å²) in [7, 11) is 0. The first-order valence-electron chi connectivity index (χ1n) is 10.4. The number of halogens is 2. The van der Waals surface area contributed by atoms with E-state index in [1.54, 1.807) is 18.2 Å². The Balaban J connectivity index is 1.44. The van der Waals surface area contributed by atoms with Crippen molar-refractivity contribution in [2.45, 2.75) is 18.4 Å². The van der Waals surface area contributed by atoms with E-state index in [4.69, 9.17) is 16.3 Å². The lowest BCUT2D eigenvalue weighted by Crippen LogP contribution is -2.45. The molecule has 9 heteroatoms. The molecule has 1 aliphatic rings. The minimum atomic E-state index is -1.36. The van der Waals surface area contributed by atoms with Gasteiger partial charge in [0.25, 0.3) is 0 Å². The van der Waals surface area contributed by atoms with E-state index in [-0.39, 0.29) is 23.2 Å². The van der Waals surface area contributed by atoms with Crippen LogP contribution in [-0.4, -0.2) is 35.7 Å². The number of nitrogens with one attached hydrogen (secondary N) is 2. The molecule has 3 aromatic carbocycles. The van der Waals surface area contributed by atoms with Crippen LogP contribution in [0.1, 0.15) is 23.5 Å². The number of carbonyl (C=O) groups is 3. The number of fused-ring (bicyclic) bond motifs is 3. The zero-order valence-corrected chi connectivity index (χ0v) is 20.1. The molecule has 3 N–H and O–H groups in total. The summed E-state index contributed by atoms with van der Waals surface area (Å²) in [5.74, 6) is -2.14. The smallest absolute Gasteiger partial charge is 0.407 e. The molecule has 34 heavy (non-hydrogen) atoms. The third kappa shape index (κ3) is 5.08. The van der Waals surface area contributed by atoms with Crippen molar-refractivity contribution in [3.63, 3.8) is 0 Å². The van der Waals surface area contributed by atoms with Gasteiger partial charge in [0.1, 0.15) is 12.6 Å². The number of carboxylic acid groups (broad SMARTS) is 1. The molecular weight excluding hydrogens is 524 g/mol. The summed E-state index contributed by atoms with van der Waals surface area (Å²) in [4.78, 5) is 36.6. The molecule has 0 heterocycles. The summed E-state index contributed by atoms with van der Waals surface area (Å²) in [5.41, 5.74) is 4.54. The lowest BCUT2D eigenvalue weighted by molar-refractivity contribution is -0.139. The second kappa shape index (κ2) is 10.3. The summed E-state index contributed by atoms with van der Waals surface area (Å²) in [5, 5.41) is 14.4. The van der Waals surface area contributed by atoms with Gasteiger partial charge in [0.05, 0.1) is 17.1 Å². The number of carboxylic acids is 1. The molecule has 1 unspecified atom stereocenters. The minimum Gasteiger partial charge on any atom is -0.481 e. The van der Waals surface area contributed by atoms with Crippen LogP contribution in [0.3, 0.4) is 0 Å². The second-order valence-electron chi connectivity index (χ2n) is 7.71. The predicted octanol–water partition coefficient (Wildman–Crippen LogP) is 5.42. The molecule has 0 spiro atoms. The number of ether oxygens (including phenoxy) is 1. The monoisotopic (exact) mass is 542 g/mol. The molecule has 0 fully saturated rings. The molecule has 0 saturated carbocycles. The van der Waals surface area contributed by atoms with Crippen molar-refractivity contribution in [2.24, 2.45) is 0 Å². The van der Waals surface area contributed by atoms with E-state index in [1.807, 2.05) is 48.5 Å². The molecule has 1 aliphatic carbocycles. The lowest BCUT2D eigenvalue weighted by Gasteiger charge is -2.19. The van der Waals surface area contributed by atoms with Gasteiger partial charge in [0, 0.05) is 10.4 Å². The Morgan fingerprint density at radius 2 is 1.59 bits per heavy atom. The van der Waals surface area contributed by atoms with Gasteiger partial charge in [-0.1, -0.05) is 66.2 Å². The van der Waals surface area contributed by atoms with Crippen LogP contribution in [0.4, 0.5) is 10.5 Å². The summed E-state index contributed by atoms with van der Waals surface area (Å²) >= 11 is 9.43. The highest BCUT2D eigenvalue weighted by molar-refractivity contribution is 9.10. The van der Waals surface area contributed by atoms with Gasteiger partial charge in [-0.25, -0.2) is 4.79 Å². The molecule has 174 valence electrons. The van der Waals surface area contributed by atoms with Crippen LogP contribution in [-0.2, 0) is 14.3 Å². The zero-order valence-electron chi connectivity index (χ0n) is 17.8. The van der Waals surface area contributed by atoms with Crippen molar-refractivity contribution in [2.75, 3.05) is 11.9 Å². The summed E-state index contributed by atoms with van der Waals surface area (Å²) in [6.07, 6.45) is -1.51. The standard InChI is InChI=1S/C25H20BrClN2O5/c26-19-10-5-11-20(23(19)27)28-24(32)21(12-22(30)31)29-25(33)34-13-18-16-8-3-1-6-14(16)15-7-2-4-9-17(15)18/h1-11,18,21H,12-13H2,(H,28,32)(H,29,33)(H,30,31). The topological polar surface area (TPSA) is 105 Å². The largest absolute Gasteiger partial charge is 0.481 e. The number of benzene rings is 3. The van der Waals surface area contributed by atoms with Crippen LogP contribution >= 0.6 is 27.5 Å². The fraction of sp³-hybridized carbons (Fsp3) is 0.160. The maximum atomic E-state index is 12.7. The minimum absolute atomic E-state index is 0.0404. The van der Waals surface area contributed by atoms with Crippen LogP contribution in [0, 0.1) is 0 Å². The first kappa shape index (κ1) is 23.8. The number of hydrogen-bond donors (Lipinski definition) is 3. The van der Waals surface area contributed by atoms with Crippen molar-refractivity contribution in [3.8, 4) is 11.1 Å². The number of aliphatic carboxylic acids is 1. The number of alkyl carbamates (subject to hydrolysis) is 1. The number of carbonyl (C=O) groups excluding carboxylic acids is 2. The van der Waals surface area contributed by atoms with Crippen LogP contribution in [0.5, 0.6) is 0 Å². The van der Waals surface area contributed by atoms with Crippen LogP contribution < -0.4 is 10.6 Å². The van der Waals surface area contributed by atoms with E-state index in [1.165, 1.54) is 0 Å². The van der Waals surface area contributed by atoms with E-state index in [2.05, 4.69) is 26.6 Å². The molecule has 0 bridgehead atoms. The van der Waals surface area contributed by atoms with E-state index in [0.717, 1.165) is 22.3 Å². The van der Waals surface area contributed by atoms with Crippen LogP contribution in [0.15, 0.2) is 71.2 Å². The van der Waals surface area contributed by atoms with E-state index < -0.39 is 30.4 Å². The highest BCUT2D eigenvalue weighted by Gasteiger charge is 2.30. The van der Waals surface area contributed by atoms with Crippen molar-refractivity contribution in [3.05, 3.63) is 87.4 Å². The molecule has 4 rings (SSSR count). The molecular formula is C25H20BrClN2O5. The van der Waals surface area contributed by atoms with E-state index >= 15 is 0 Å². The van der Waals surface area contributed by atoms with Gasteiger partial charge in [-0.2, -0.15) is 0 Å². The molecule has 1 atom stereocenters. The first-order valence-corrected chi connectivity index (χ1v) is 11.6. The third-order valence-corrected chi connectivity index (χ3v) is 6.84. The molecule has 0 radical (unpaired) electrons. The van der Waals surface area contributed by atoms with Crippen molar-refractivity contribution < 1.29 is 24.2 Å². The fourth-order valence-electron chi connectivity index (χ4n) is 3.99. The van der Waals surface area contributed by atoms with Gasteiger partial charge in [0.15, 0.2) is 0 Å². The van der Waals surface area contributed by atoms with E-state index in [0.29, 0.717) is 4.47 Å². The lowest BCUT2D eigenvalue weighted by atomic mass is 9.98. The van der Waals surface area contributed by atoms with Gasteiger partial charge in [0.2, 0.25) is 5.91 Å². The Kier molecular flexibility index (Phi) is 7.19. The first-order chi connectivity index (χ1) is 16.3. The van der Waals surface area contributed by atoms with Crippen LogP contribution in [0.25, 0.3) is 11.1 Å². The van der Waals surface area contributed by atoms with Gasteiger partial charge < -0.3 is 20.5 Å². The average Bonchev–Trinajstić information content (AvgIpc) is 3.14. The van der Waals surface area contributed by atoms with Gasteiger partial charge >= 0.3 is 12.1 Å². The molecule has 0 aliphatic heterocycles. The molecule has 0 saturated heterocycles. The maximum Gasteiger partial charge on any atom is 0.407 e. The van der Waals surface area contributed by atoms with Gasteiger partial charge in [-0.05, 0) is 50.3 Å². The second-order valence-corrected chi connectivity index (χ2v) is 8.94. The third-order valence-electron chi connectivity index (χ3n) is 5.54. The van der Waals surface area contributed by atoms with Crippen LogP contribution in [0.2, 0.25) is 5.02 Å². The summed E-state index contributed by atoms with van der Waals surface area (Å²) in [6, 6.07) is 19.4. The molecule has 0 aromatic heterocycles. The van der Waals surface area contributed by atoms with Crippen molar-refractivity contribution >= 4 is 51.2 Å². The van der Waals surface area contributed by atoms with Gasteiger partial charge in [-0.15, -0.1) is 0 Å². The SMILES string of the molecule is O=C(O)CC(NC(=O)OCC1c2ccccc2-c2ccccc21)C(=O)Nc1cccc(Br)c1Cl. The summed E-state index contributed by atoms with van der Waals surface area (Å²) < 4.78 is 6.00. The number of hydrogen-bond acceptors (Lipinski definition) is 4. The normalized spacial score (nSPS) is 12.9. The summed E-state index contributed by atoms with van der Waals surface area (Å²) in [6.45, 7) is 0.0404. The number of amides is 2. The Morgan fingerprint density at radius 1 is 0.971 bits per heavy atom. The van der Waals surface area contributed by atoms with Gasteiger partial charge in [-0.3, -0.25) is 9.59 Å². The highest BCUT2D eigenvalue weighted by Crippen LogP contribution is 2.44. The molecule has 7 nitrogen and oxygen atoms in total. The average molecular weight is 544 g/mol. The zero-order chi connectivity index (χ0) is 24.2. The van der Waals surface area contributed by atoms with Crippen molar-refractivity contribution in [1.82, 2.24) is 5.32 Å². The number of anilines is 1. The predicted molar refractivity (Wildman–Crippen MR) is 132 cm³/mol. The Bertz CT molecular complexity index is 1220. The quantitative estimate of drug-likeness (QED) is 0.369. The molecule has 3 aromatic rings. The van der Waals surface area contributed by atoms with E-state index in [9.17, 15) is 19.5 Å². The highest BCUT2D eigenvalue weighted by atomic mass is 79.9. The molecule has 2 amide bonds. The van der Waals surface area contributed by atoms with Crippen molar-refractivity contribution in [1.29, 1.82) is 0 Å². The Morgan fingerprint density at radius 3 is 2.21 bits per heavy atom.